The van der Waals surface area contributed by atoms with E-state index in [2.05, 4.69) is 25.3 Å². The number of hydrogen-bond acceptors (Lipinski definition) is 7. The summed E-state index contributed by atoms with van der Waals surface area (Å²) in [7, 11) is 3.69. The molecule has 2 aromatic rings. The van der Waals surface area contributed by atoms with E-state index in [1.54, 1.807) is 21.7 Å². The van der Waals surface area contributed by atoms with Gasteiger partial charge < -0.3 is 10.2 Å². The van der Waals surface area contributed by atoms with E-state index in [9.17, 15) is 0 Å². The van der Waals surface area contributed by atoms with Crippen LogP contribution in [-0.2, 0) is 6.54 Å². The van der Waals surface area contributed by atoms with Gasteiger partial charge in [0.1, 0.15) is 0 Å². The predicted molar refractivity (Wildman–Crippen MR) is 68.6 cm³/mol. The number of anilines is 2. The second-order valence-electron chi connectivity index (χ2n) is 3.46. The Hall–Kier alpha value is -1.47. The molecule has 1 N–H and O–H groups in total. The maximum atomic E-state index is 5.81. The Balaban J connectivity index is 2.10. The maximum absolute atomic E-state index is 5.81. The first kappa shape index (κ1) is 12.0. The third-order valence-electron chi connectivity index (χ3n) is 1.91. The van der Waals surface area contributed by atoms with E-state index < -0.39 is 0 Å². The Morgan fingerprint density at radius 1 is 1.35 bits per heavy atom. The molecule has 0 amide bonds. The fourth-order valence-electron chi connectivity index (χ4n) is 1.11. The molecule has 2 rings (SSSR count). The summed E-state index contributed by atoms with van der Waals surface area (Å²) in [5.41, 5.74) is 2.72. The third-order valence-corrected chi connectivity index (χ3v) is 2.71. The van der Waals surface area contributed by atoms with Crippen molar-refractivity contribution in [3.8, 4) is 0 Å². The van der Waals surface area contributed by atoms with E-state index in [0.29, 0.717) is 18.4 Å². The highest BCUT2D eigenvalue weighted by atomic mass is 35.5. The topological polar surface area (TPSA) is 66.8 Å². The number of halogens is 1. The van der Waals surface area contributed by atoms with Crippen LogP contribution in [0.5, 0.6) is 0 Å². The molecule has 0 spiro atoms. The molecule has 2 heterocycles. The Morgan fingerprint density at radius 2 is 2.18 bits per heavy atom. The molecular formula is C9H11ClN6S. The number of hydrogen-bond donors (Lipinski definition) is 1. The molecule has 0 atom stereocenters. The highest BCUT2D eigenvalue weighted by molar-refractivity contribution is 7.07. The zero-order chi connectivity index (χ0) is 12.3. The lowest BCUT2D eigenvalue weighted by molar-refractivity contribution is 0.936. The molecule has 0 aromatic carbocycles. The molecule has 8 heteroatoms. The fourth-order valence-corrected chi connectivity index (χ4v) is 1.83. The first-order chi connectivity index (χ1) is 8.15. The van der Waals surface area contributed by atoms with Crippen LogP contribution in [0.2, 0.25) is 5.28 Å². The first-order valence-corrected chi connectivity index (χ1v) is 6.17. The van der Waals surface area contributed by atoms with Crippen molar-refractivity contribution in [2.45, 2.75) is 6.54 Å². The van der Waals surface area contributed by atoms with Crippen LogP contribution in [0.25, 0.3) is 0 Å². The van der Waals surface area contributed by atoms with Crippen molar-refractivity contribution >= 4 is 34.8 Å². The Labute approximate surface area is 108 Å². The number of aromatic nitrogens is 4. The van der Waals surface area contributed by atoms with Gasteiger partial charge in [0.25, 0.3) is 0 Å². The molecule has 0 fully saturated rings. The van der Waals surface area contributed by atoms with Gasteiger partial charge in [0, 0.05) is 19.5 Å². The van der Waals surface area contributed by atoms with Crippen LogP contribution in [0.1, 0.15) is 5.69 Å². The smallest absolute Gasteiger partial charge is 0.230 e. The number of rotatable bonds is 4. The second kappa shape index (κ2) is 5.24. The highest BCUT2D eigenvalue weighted by Crippen LogP contribution is 2.12. The molecule has 0 unspecified atom stereocenters. The molecule has 0 radical (unpaired) electrons. The van der Waals surface area contributed by atoms with Gasteiger partial charge in [-0.1, -0.05) is 0 Å². The molecule has 0 aliphatic heterocycles. The van der Waals surface area contributed by atoms with Gasteiger partial charge in [-0.05, 0) is 11.6 Å². The van der Waals surface area contributed by atoms with Gasteiger partial charge in [-0.2, -0.15) is 15.0 Å². The van der Waals surface area contributed by atoms with Crippen molar-refractivity contribution in [1.82, 2.24) is 19.9 Å². The van der Waals surface area contributed by atoms with Crippen molar-refractivity contribution in [1.29, 1.82) is 0 Å². The molecule has 2 aromatic heterocycles. The van der Waals surface area contributed by atoms with Gasteiger partial charge in [0.15, 0.2) is 0 Å². The minimum atomic E-state index is 0.171. The molecule has 6 nitrogen and oxygen atoms in total. The van der Waals surface area contributed by atoms with Crippen LogP contribution in [0.15, 0.2) is 10.9 Å². The summed E-state index contributed by atoms with van der Waals surface area (Å²) in [6.07, 6.45) is 0. The molecule has 90 valence electrons. The number of nitrogens with zero attached hydrogens (tertiary/aromatic N) is 5. The number of nitrogens with one attached hydrogen (secondary N) is 1. The van der Waals surface area contributed by atoms with Gasteiger partial charge in [-0.25, -0.2) is 4.98 Å². The van der Waals surface area contributed by atoms with Crippen LogP contribution in [0, 0.1) is 0 Å². The minimum absolute atomic E-state index is 0.171. The van der Waals surface area contributed by atoms with E-state index in [4.69, 9.17) is 11.6 Å². The standard InChI is InChI=1S/C9H11ClN6S/c1-16(2)9-14-7(10)13-8(15-9)11-3-6-4-17-5-12-6/h4-5H,3H2,1-2H3,(H,11,13,14,15). The lowest BCUT2D eigenvalue weighted by Crippen LogP contribution is -2.15. The fraction of sp³-hybridized carbons (Fsp3) is 0.333. The predicted octanol–water partition coefficient (Wildman–Crippen LogP) is 1.66. The molecular weight excluding hydrogens is 260 g/mol. The van der Waals surface area contributed by atoms with Gasteiger partial charge >= 0.3 is 0 Å². The summed E-state index contributed by atoms with van der Waals surface area (Å²) in [5, 5.41) is 5.19. The summed E-state index contributed by atoms with van der Waals surface area (Å²) in [4.78, 5) is 18.1. The summed E-state index contributed by atoms with van der Waals surface area (Å²) in [6, 6.07) is 0. The van der Waals surface area contributed by atoms with Gasteiger partial charge in [-0.15, -0.1) is 11.3 Å². The van der Waals surface area contributed by atoms with Crippen molar-refractivity contribution < 1.29 is 0 Å². The van der Waals surface area contributed by atoms with Crippen molar-refractivity contribution in [2.24, 2.45) is 0 Å². The van der Waals surface area contributed by atoms with Gasteiger partial charge in [0.05, 0.1) is 17.7 Å². The van der Waals surface area contributed by atoms with Gasteiger partial charge in [0.2, 0.25) is 17.2 Å². The average Bonchev–Trinajstić information content (AvgIpc) is 2.78. The molecule has 0 saturated heterocycles. The minimum Gasteiger partial charge on any atom is -0.348 e. The normalized spacial score (nSPS) is 10.3. The molecule has 0 aliphatic rings. The Morgan fingerprint density at radius 3 is 2.82 bits per heavy atom. The van der Waals surface area contributed by atoms with Crippen LogP contribution in [-0.4, -0.2) is 34.0 Å². The Bertz CT molecular complexity index is 486. The summed E-state index contributed by atoms with van der Waals surface area (Å²) in [5.74, 6) is 0.965. The van der Waals surface area contributed by atoms with Crippen molar-refractivity contribution in [2.75, 3.05) is 24.3 Å². The lowest BCUT2D eigenvalue weighted by Gasteiger charge is -2.11. The quantitative estimate of drug-likeness (QED) is 0.911. The first-order valence-electron chi connectivity index (χ1n) is 4.85. The largest absolute Gasteiger partial charge is 0.348 e. The molecule has 0 bridgehead atoms. The van der Waals surface area contributed by atoms with Crippen molar-refractivity contribution in [3.63, 3.8) is 0 Å². The van der Waals surface area contributed by atoms with E-state index in [1.807, 2.05) is 19.5 Å². The van der Waals surface area contributed by atoms with Crippen LogP contribution in [0.4, 0.5) is 11.9 Å². The SMILES string of the molecule is CN(C)c1nc(Cl)nc(NCc2cscn2)n1. The second-order valence-corrected chi connectivity index (χ2v) is 4.51. The van der Waals surface area contributed by atoms with Gasteiger partial charge in [-0.3, -0.25) is 0 Å². The number of thiazole rings is 1. The Kier molecular flexibility index (Phi) is 3.70. The van der Waals surface area contributed by atoms with E-state index in [-0.39, 0.29) is 5.28 Å². The average molecular weight is 271 g/mol. The summed E-state index contributed by atoms with van der Waals surface area (Å²) >= 11 is 7.36. The van der Waals surface area contributed by atoms with Crippen molar-refractivity contribution in [3.05, 3.63) is 21.9 Å². The maximum Gasteiger partial charge on any atom is 0.230 e. The van der Waals surface area contributed by atoms with E-state index >= 15 is 0 Å². The molecule has 0 saturated carbocycles. The third kappa shape index (κ3) is 3.24. The van der Waals surface area contributed by atoms with E-state index in [0.717, 1.165) is 5.69 Å². The van der Waals surface area contributed by atoms with Crippen LogP contribution >= 0.6 is 22.9 Å². The highest BCUT2D eigenvalue weighted by Gasteiger charge is 2.06. The summed E-state index contributed by atoms with van der Waals surface area (Å²) in [6.45, 7) is 0.566. The summed E-state index contributed by atoms with van der Waals surface area (Å²) < 4.78 is 0. The lowest BCUT2D eigenvalue weighted by atomic mass is 10.5. The zero-order valence-corrected chi connectivity index (χ0v) is 11.0. The zero-order valence-electron chi connectivity index (χ0n) is 9.38. The molecule has 17 heavy (non-hydrogen) atoms. The van der Waals surface area contributed by atoms with E-state index in [1.165, 1.54) is 0 Å². The monoisotopic (exact) mass is 270 g/mol. The molecule has 0 aliphatic carbocycles. The van der Waals surface area contributed by atoms with Crippen LogP contribution in [0.3, 0.4) is 0 Å². The van der Waals surface area contributed by atoms with Crippen LogP contribution < -0.4 is 10.2 Å².